The van der Waals surface area contributed by atoms with Gasteiger partial charge in [-0.15, -0.1) is 0 Å². The van der Waals surface area contributed by atoms with Crippen molar-refractivity contribution in [1.82, 2.24) is 5.32 Å². The number of carbonyl (C=O) groups is 1. The van der Waals surface area contributed by atoms with Crippen LogP contribution in [0.5, 0.6) is 0 Å². The molecule has 110 valence electrons. The van der Waals surface area contributed by atoms with Gasteiger partial charge < -0.3 is 21.5 Å². The van der Waals surface area contributed by atoms with Crippen molar-refractivity contribution in [3.63, 3.8) is 0 Å². The van der Waals surface area contributed by atoms with E-state index < -0.39 is 11.6 Å². The topological polar surface area (TPSA) is 87.4 Å². The molecule has 1 aromatic carbocycles. The zero-order chi connectivity index (χ0) is 14.6. The number of nitrogens with one attached hydrogen (secondary N) is 2. The first-order valence-corrected chi connectivity index (χ1v) is 7.11. The number of benzene rings is 1. The van der Waals surface area contributed by atoms with Gasteiger partial charge in [-0.05, 0) is 37.5 Å². The molecule has 1 aromatic rings. The zero-order valence-corrected chi connectivity index (χ0v) is 11.9. The van der Waals surface area contributed by atoms with Crippen molar-refractivity contribution in [1.29, 1.82) is 0 Å². The summed E-state index contributed by atoms with van der Waals surface area (Å²) in [5.74, 6) is 0. The highest BCUT2D eigenvalue weighted by molar-refractivity contribution is 5.87. The van der Waals surface area contributed by atoms with Crippen LogP contribution in [0.1, 0.15) is 44.2 Å². The van der Waals surface area contributed by atoms with Crippen LogP contribution in [0.4, 0.5) is 10.5 Å². The number of aliphatic hydroxyl groups is 1. The monoisotopic (exact) mass is 277 g/mol. The molecule has 5 N–H and O–H groups in total. The normalized spacial score (nSPS) is 18.7. The van der Waals surface area contributed by atoms with E-state index in [0.29, 0.717) is 12.2 Å². The molecular weight excluding hydrogens is 254 g/mol. The first-order chi connectivity index (χ1) is 9.48. The average Bonchev–Trinajstić information content (AvgIpc) is 2.84. The Bertz CT molecular complexity index is 453. The number of anilines is 1. The van der Waals surface area contributed by atoms with Crippen LogP contribution >= 0.6 is 0 Å². The van der Waals surface area contributed by atoms with Gasteiger partial charge in [-0.2, -0.15) is 0 Å². The van der Waals surface area contributed by atoms with Gasteiger partial charge >= 0.3 is 6.03 Å². The Morgan fingerprint density at radius 3 is 2.50 bits per heavy atom. The first-order valence-electron chi connectivity index (χ1n) is 7.11. The van der Waals surface area contributed by atoms with E-state index in [0.717, 1.165) is 31.2 Å². The third-order valence-electron chi connectivity index (χ3n) is 3.95. The molecule has 5 nitrogen and oxygen atoms in total. The summed E-state index contributed by atoms with van der Waals surface area (Å²) in [6.45, 7) is 2.68. The highest BCUT2D eigenvalue weighted by Crippen LogP contribution is 2.29. The molecule has 1 aliphatic carbocycles. The molecule has 0 bridgehead atoms. The minimum Gasteiger partial charge on any atom is -0.389 e. The molecule has 1 atom stereocenters. The van der Waals surface area contributed by atoms with E-state index >= 15 is 0 Å². The highest BCUT2D eigenvalue weighted by atomic mass is 16.3. The summed E-state index contributed by atoms with van der Waals surface area (Å²) in [6, 6.07) is 7.13. The van der Waals surface area contributed by atoms with Crippen LogP contribution in [0, 0.1) is 0 Å². The Hall–Kier alpha value is -1.59. The maximum Gasteiger partial charge on any atom is 0.316 e. The van der Waals surface area contributed by atoms with Crippen LogP contribution in [0.25, 0.3) is 0 Å². The number of amides is 2. The number of primary amides is 1. The van der Waals surface area contributed by atoms with Gasteiger partial charge in [0.2, 0.25) is 0 Å². The van der Waals surface area contributed by atoms with Crippen LogP contribution in [0.15, 0.2) is 24.3 Å². The van der Waals surface area contributed by atoms with E-state index in [1.165, 1.54) is 0 Å². The van der Waals surface area contributed by atoms with Crippen molar-refractivity contribution >= 4 is 11.7 Å². The summed E-state index contributed by atoms with van der Waals surface area (Å²) >= 11 is 0. The lowest BCUT2D eigenvalue weighted by Crippen LogP contribution is -2.39. The van der Waals surface area contributed by atoms with Crippen LogP contribution in [-0.2, 0) is 0 Å². The second-order valence-corrected chi connectivity index (χ2v) is 5.65. The van der Waals surface area contributed by atoms with Gasteiger partial charge in [-0.1, -0.05) is 25.0 Å². The second kappa shape index (κ2) is 6.24. The molecule has 0 heterocycles. The Morgan fingerprint density at radius 2 is 1.95 bits per heavy atom. The maximum atomic E-state index is 10.7. The summed E-state index contributed by atoms with van der Waals surface area (Å²) in [7, 11) is 0. The van der Waals surface area contributed by atoms with Crippen LogP contribution < -0.4 is 16.4 Å². The van der Waals surface area contributed by atoms with Gasteiger partial charge in [-0.3, -0.25) is 0 Å². The number of carbonyl (C=O) groups excluding carboxylic acids is 1. The van der Waals surface area contributed by atoms with Crippen LogP contribution in [-0.4, -0.2) is 23.3 Å². The van der Waals surface area contributed by atoms with Crippen LogP contribution in [0.2, 0.25) is 0 Å². The minimum absolute atomic E-state index is 0.155. The van der Waals surface area contributed by atoms with Gasteiger partial charge in [0.1, 0.15) is 0 Å². The molecule has 0 radical (unpaired) electrons. The predicted octanol–water partition coefficient (Wildman–Crippen LogP) is 2.13. The van der Waals surface area contributed by atoms with E-state index in [2.05, 4.69) is 17.6 Å². The molecule has 0 aromatic heterocycles. The fourth-order valence-corrected chi connectivity index (χ4v) is 2.67. The van der Waals surface area contributed by atoms with Crippen molar-refractivity contribution in [2.45, 2.75) is 44.2 Å². The summed E-state index contributed by atoms with van der Waals surface area (Å²) < 4.78 is 0. The third-order valence-corrected chi connectivity index (χ3v) is 3.95. The predicted molar refractivity (Wildman–Crippen MR) is 79.5 cm³/mol. The van der Waals surface area contributed by atoms with Gasteiger partial charge in [0.05, 0.1) is 5.60 Å². The largest absolute Gasteiger partial charge is 0.389 e. The average molecular weight is 277 g/mol. The lowest BCUT2D eigenvalue weighted by atomic mass is 10.0. The molecule has 20 heavy (non-hydrogen) atoms. The fourth-order valence-electron chi connectivity index (χ4n) is 2.67. The number of urea groups is 1. The standard InChI is InChI=1S/C15H23N3O2/c1-11(17-10-15(20)8-2-3-9-15)12-4-6-13(7-5-12)18-14(16)19/h4-7,11,17,20H,2-3,8-10H2,1H3,(H3,16,18,19). The highest BCUT2D eigenvalue weighted by Gasteiger charge is 2.30. The molecule has 5 heteroatoms. The van der Waals surface area contributed by atoms with Crippen molar-refractivity contribution in [3.05, 3.63) is 29.8 Å². The molecule has 1 saturated carbocycles. The molecule has 2 amide bonds. The maximum absolute atomic E-state index is 10.7. The van der Waals surface area contributed by atoms with Gasteiger partial charge in [0.25, 0.3) is 0 Å². The lowest BCUT2D eigenvalue weighted by molar-refractivity contribution is 0.0453. The fraction of sp³-hybridized carbons (Fsp3) is 0.533. The summed E-state index contributed by atoms with van der Waals surface area (Å²) in [5, 5.41) is 16.2. The molecule has 1 aliphatic rings. The number of hydrogen-bond acceptors (Lipinski definition) is 3. The third kappa shape index (κ3) is 3.95. The van der Waals surface area contributed by atoms with E-state index in [1.54, 1.807) is 0 Å². The second-order valence-electron chi connectivity index (χ2n) is 5.65. The lowest BCUT2D eigenvalue weighted by Gasteiger charge is -2.25. The zero-order valence-electron chi connectivity index (χ0n) is 11.9. The molecule has 2 rings (SSSR count). The molecule has 0 saturated heterocycles. The van der Waals surface area contributed by atoms with E-state index in [-0.39, 0.29) is 6.04 Å². The van der Waals surface area contributed by atoms with Crippen molar-refractivity contribution in [3.8, 4) is 0 Å². The summed E-state index contributed by atoms with van der Waals surface area (Å²) in [5.41, 5.74) is 6.32. The number of nitrogens with two attached hydrogens (primary N) is 1. The van der Waals surface area contributed by atoms with Gasteiger partial charge in [-0.25, -0.2) is 4.79 Å². The Labute approximate surface area is 119 Å². The minimum atomic E-state index is -0.563. The van der Waals surface area contributed by atoms with Crippen molar-refractivity contribution in [2.75, 3.05) is 11.9 Å². The first kappa shape index (κ1) is 14.8. The van der Waals surface area contributed by atoms with Gasteiger partial charge in [0.15, 0.2) is 0 Å². The Morgan fingerprint density at radius 1 is 1.35 bits per heavy atom. The van der Waals surface area contributed by atoms with Crippen molar-refractivity contribution < 1.29 is 9.90 Å². The van der Waals surface area contributed by atoms with Gasteiger partial charge in [0, 0.05) is 18.3 Å². The summed E-state index contributed by atoms with van der Waals surface area (Å²) in [6.07, 6.45) is 3.99. The number of rotatable bonds is 5. The van der Waals surface area contributed by atoms with E-state index in [9.17, 15) is 9.90 Å². The number of hydrogen-bond donors (Lipinski definition) is 4. The van der Waals surface area contributed by atoms with E-state index in [1.807, 2.05) is 24.3 Å². The molecular formula is C15H23N3O2. The molecule has 1 unspecified atom stereocenters. The molecule has 1 fully saturated rings. The Balaban J connectivity index is 1.88. The Kier molecular flexibility index (Phi) is 4.62. The molecule has 0 aliphatic heterocycles. The van der Waals surface area contributed by atoms with Crippen molar-refractivity contribution in [2.24, 2.45) is 5.73 Å². The quantitative estimate of drug-likeness (QED) is 0.665. The molecule has 0 spiro atoms. The summed E-state index contributed by atoms with van der Waals surface area (Å²) in [4.78, 5) is 10.7. The smallest absolute Gasteiger partial charge is 0.316 e. The SMILES string of the molecule is CC(NCC1(O)CCCC1)c1ccc(NC(N)=O)cc1. The van der Waals surface area contributed by atoms with Crippen LogP contribution in [0.3, 0.4) is 0 Å². The van der Waals surface area contributed by atoms with E-state index in [4.69, 9.17) is 5.73 Å².